The molecule has 1 fully saturated rings. The first-order valence-corrected chi connectivity index (χ1v) is 9.43. The molecular formula is C18H20F2N4O2S. The van der Waals surface area contributed by atoms with Crippen molar-refractivity contribution in [3.63, 3.8) is 0 Å². The maximum atomic E-state index is 12.5. The van der Waals surface area contributed by atoms with Crippen LogP contribution in [0.15, 0.2) is 42.1 Å². The van der Waals surface area contributed by atoms with Gasteiger partial charge in [-0.1, -0.05) is 30.0 Å². The molecule has 1 saturated carbocycles. The van der Waals surface area contributed by atoms with Crippen LogP contribution in [0.1, 0.15) is 31.5 Å². The number of rotatable bonds is 9. The summed E-state index contributed by atoms with van der Waals surface area (Å²) < 4.78 is 31.4. The van der Waals surface area contributed by atoms with E-state index in [1.54, 1.807) is 25.1 Å². The lowest BCUT2D eigenvalue weighted by Gasteiger charge is -2.15. The van der Waals surface area contributed by atoms with E-state index in [9.17, 15) is 13.6 Å². The van der Waals surface area contributed by atoms with Gasteiger partial charge in [-0.25, -0.2) is 0 Å². The fourth-order valence-electron chi connectivity index (χ4n) is 2.55. The summed E-state index contributed by atoms with van der Waals surface area (Å²) in [5.41, 5.74) is 0.196. The molecule has 1 N–H and O–H groups in total. The topological polar surface area (TPSA) is 69.0 Å². The zero-order chi connectivity index (χ0) is 19.4. The van der Waals surface area contributed by atoms with Gasteiger partial charge in [0.15, 0.2) is 5.16 Å². The van der Waals surface area contributed by atoms with Gasteiger partial charge in [-0.3, -0.25) is 4.79 Å². The summed E-state index contributed by atoms with van der Waals surface area (Å²) in [4.78, 5) is 12.5. The molecule has 0 radical (unpaired) electrons. The molecule has 1 amide bonds. The molecule has 0 bridgehead atoms. The molecular weight excluding hydrogens is 374 g/mol. The fraction of sp³-hybridized carbons (Fsp3) is 0.389. The molecule has 1 unspecified atom stereocenters. The Bertz CT molecular complexity index is 823. The predicted molar refractivity (Wildman–Crippen MR) is 99.2 cm³/mol. The van der Waals surface area contributed by atoms with Crippen LogP contribution in [0, 0.1) is 0 Å². The van der Waals surface area contributed by atoms with Crippen LogP contribution in [-0.2, 0) is 11.3 Å². The van der Waals surface area contributed by atoms with Crippen LogP contribution in [-0.4, -0.2) is 32.5 Å². The zero-order valence-corrected chi connectivity index (χ0v) is 15.6. The second-order valence-electron chi connectivity index (χ2n) is 6.14. The molecule has 1 heterocycles. The number of alkyl halides is 2. The van der Waals surface area contributed by atoms with E-state index in [1.807, 2.05) is 4.57 Å². The third-order valence-corrected chi connectivity index (χ3v) is 5.09. The van der Waals surface area contributed by atoms with Gasteiger partial charge in [0.1, 0.15) is 11.6 Å². The van der Waals surface area contributed by atoms with E-state index < -0.39 is 11.9 Å². The summed E-state index contributed by atoms with van der Waals surface area (Å²) in [6, 6.07) is 6.08. The number of anilines is 1. The summed E-state index contributed by atoms with van der Waals surface area (Å²) in [5, 5.41) is 11.2. The number of aromatic nitrogens is 3. The molecule has 0 aliphatic heterocycles. The minimum Gasteiger partial charge on any atom is -0.433 e. The van der Waals surface area contributed by atoms with E-state index in [1.165, 1.54) is 23.9 Å². The molecule has 0 saturated heterocycles. The number of hydrogen-bond donors (Lipinski definition) is 1. The van der Waals surface area contributed by atoms with Crippen LogP contribution in [0.25, 0.3) is 0 Å². The van der Waals surface area contributed by atoms with Crippen molar-refractivity contribution in [1.82, 2.24) is 14.8 Å². The molecule has 3 rings (SSSR count). The van der Waals surface area contributed by atoms with Crippen molar-refractivity contribution in [3.05, 3.63) is 42.7 Å². The van der Waals surface area contributed by atoms with Crippen molar-refractivity contribution in [2.75, 3.05) is 5.32 Å². The largest absolute Gasteiger partial charge is 0.433 e. The number of ether oxygens (including phenoxy) is 1. The first-order chi connectivity index (χ1) is 13.0. The highest BCUT2D eigenvalue weighted by Crippen LogP contribution is 2.40. The lowest BCUT2D eigenvalue weighted by molar-refractivity contribution is -0.115. The minimum absolute atomic E-state index is 0.0797. The van der Waals surface area contributed by atoms with E-state index in [2.05, 4.69) is 26.8 Å². The Morgan fingerprint density at radius 3 is 2.85 bits per heavy atom. The van der Waals surface area contributed by atoms with Gasteiger partial charge in [0.25, 0.3) is 0 Å². The Hall–Kier alpha value is -2.42. The van der Waals surface area contributed by atoms with Gasteiger partial charge in [0, 0.05) is 12.5 Å². The SMILES string of the molecule is C=CCn1c(SC(C)C(=O)Nc2ccccc2OC(F)F)nnc1C1CC1. The van der Waals surface area contributed by atoms with Crippen molar-refractivity contribution >= 4 is 23.4 Å². The second-order valence-corrected chi connectivity index (χ2v) is 7.45. The number of nitrogens with zero attached hydrogens (tertiary/aromatic N) is 3. The van der Waals surface area contributed by atoms with Gasteiger partial charge in [-0.2, -0.15) is 8.78 Å². The van der Waals surface area contributed by atoms with Gasteiger partial charge in [0.05, 0.1) is 10.9 Å². The Labute approximate surface area is 160 Å². The summed E-state index contributed by atoms with van der Waals surface area (Å²) in [6.07, 6.45) is 3.95. The monoisotopic (exact) mass is 394 g/mol. The van der Waals surface area contributed by atoms with Crippen LogP contribution in [0.3, 0.4) is 0 Å². The average molecular weight is 394 g/mol. The van der Waals surface area contributed by atoms with Crippen molar-refractivity contribution in [2.24, 2.45) is 0 Å². The molecule has 1 aromatic heterocycles. The highest BCUT2D eigenvalue weighted by Gasteiger charge is 2.31. The standard InChI is InChI=1S/C18H20F2N4O2S/c1-3-10-24-15(12-8-9-12)22-23-18(24)27-11(2)16(25)21-13-6-4-5-7-14(13)26-17(19)20/h3-7,11-12,17H,1,8-10H2,2H3,(H,21,25). The molecule has 1 aliphatic carbocycles. The summed E-state index contributed by atoms with van der Waals surface area (Å²) in [6.45, 7) is 3.09. The van der Waals surface area contributed by atoms with Crippen LogP contribution < -0.4 is 10.1 Å². The van der Waals surface area contributed by atoms with Crippen LogP contribution in [0.5, 0.6) is 5.75 Å². The smallest absolute Gasteiger partial charge is 0.387 e. The minimum atomic E-state index is -2.96. The van der Waals surface area contributed by atoms with Gasteiger partial charge in [0.2, 0.25) is 5.91 Å². The normalized spacial score (nSPS) is 14.8. The number of allylic oxidation sites excluding steroid dienone is 1. The Balaban J connectivity index is 1.69. The average Bonchev–Trinajstić information content (AvgIpc) is 3.40. The van der Waals surface area contributed by atoms with Gasteiger partial charge in [-0.05, 0) is 31.9 Å². The molecule has 6 nitrogen and oxygen atoms in total. The number of benzene rings is 1. The number of para-hydroxylation sites is 2. The number of hydrogen-bond acceptors (Lipinski definition) is 5. The molecule has 27 heavy (non-hydrogen) atoms. The van der Waals surface area contributed by atoms with Gasteiger partial charge >= 0.3 is 6.61 Å². The van der Waals surface area contributed by atoms with Crippen molar-refractivity contribution in [1.29, 1.82) is 0 Å². The zero-order valence-electron chi connectivity index (χ0n) is 14.8. The molecule has 144 valence electrons. The molecule has 1 aromatic carbocycles. The number of halogens is 2. The van der Waals surface area contributed by atoms with E-state index in [0.717, 1.165) is 18.7 Å². The van der Waals surface area contributed by atoms with Gasteiger partial charge in [-0.15, -0.1) is 16.8 Å². The number of carbonyl (C=O) groups excluding carboxylic acids is 1. The molecule has 0 spiro atoms. The van der Waals surface area contributed by atoms with E-state index in [0.29, 0.717) is 17.6 Å². The second kappa shape index (κ2) is 8.51. The number of amides is 1. The molecule has 1 aliphatic rings. The number of thioether (sulfide) groups is 1. The lowest BCUT2D eigenvalue weighted by atomic mass is 10.3. The Morgan fingerprint density at radius 1 is 1.44 bits per heavy atom. The first-order valence-electron chi connectivity index (χ1n) is 8.55. The van der Waals surface area contributed by atoms with Crippen molar-refractivity contribution < 1.29 is 18.3 Å². The number of carbonyl (C=O) groups is 1. The third kappa shape index (κ3) is 4.85. The third-order valence-electron chi connectivity index (χ3n) is 4.01. The van der Waals surface area contributed by atoms with Crippen molar-refractivity contribution in [2.45, 2.75) is 49.2 Å². The first kappa shape index (κ1) is 19.3. The van der Waals surface area contributed by atoms with Gasteiger partial charge < -0.3 is 14.6 Å². The summed E-state index contributed by atoms with van der Waals surface area (Å²) in [5.74, 6) is 0.922. The maximum Gasteiger partial charge on any atom is 0.387 e. The van der Waals surface area contributed by atoms with Crippen LogP contribution >= 0.6 is 11.8 Å². The summed E-state index contributed by atoms with van der Waals surface area (Å²) >= 11 is 1.26. The summed E-state index contributed by atoms with van der Waals surface area (Å²) in [7, 11) is 0. The van der Waals surface area contributed by atoms with E-state index >= 15 is 0 Å². The highest BCUT2D eigenvalue weighted by molar-refractivity contribution is 8.00. The van der Waals surface area contributed by atoms with E-state index in [4.69, 9.17) is 0 Å². The van der Waals surface area contributed by atoms with Crippen LogP contribution in [0.4, 0.5) is 14.5 Å². The Kier molecular flexibility index (Phi) is 6.10. The quantitative estimate of drug-likeness (QED) is 0.513. The molecule has 2 aromatic rings. The van der Waals surface area contributed by atoms with Crippen molar-refractivity contribution in [3.8, 4) is 5.75 Å². The predicted octanol–water partition coefficient (Wildman–Crippen LogP) is 4.06. The molecule has 9 heteroatoms. The highest BCUT2D eigenvalue weighted by atomic mass is 32.2. The lowest BCUT2D eigenvalue weighted by Crippen LogP contribution is -2.23. The molecule has 1 atom stereocenters. The number of nitrogens with one attached hydrogen (secondary N) is 1. The van der Waals surface area contributed by atoms with E-state index in [-0.39, 0.29) is 17.3 Å². The fourth-order valence-corrected chi connectivity index (χ4v) is 3.41. The Morgan fingerprint density at radius 2 is 2.19 bits per heavy atom. The maximum absolute atomic E-state index is 12.5. The van der Waals surface area contributed by atoms with Crippen LogP contribution in [0.2, 0.25) is 0 Å².